The molecule has 0 bridgehead atoms. The van der Waals surface area contributed by atoms with Crippen LogP contribution < -0.4 is 15.4 Å². The van der Waals surface area contributed by atoms with Crippen molar-refractivity contribution >= 4 is 11.6 Å². The molecule has 0 radical (unpaired) electrons. The highest BCUT2D eigenvalue weighted by molar-refractivity contribution is 5.84. The Bertz CT molecular complexity index is 1060. The third-order valence-corrected chi connectivity index (χ3v) is 4.70. The molecule has 0 aromatic heterocycles. The van der Waals surface area contributed by atoms with Crippen molar-refractivity contribution in [2.75, 3.05) is 11.9 Å². The number of hydrogen-bond donors (Lipinski definition) is 2. The first kappa shape index (κ1) is 21.8. The summed E-state index contributed by atoms with van der Waals surface area (Å²) in [6, 6.07) is 22.6. The maximum absolute atomic E-state index is 12.9. The van der Waals surface area contributed by atoms with Crippen molar-refractivity contribution in [1.82, 2.24) is 5.32 Å². The van der Waals surface area contributed by atoms with Gasteiger partial charge < -0.3 is 15.4 Å². The van der Waals surface area contributed by atoms with Crippen LogP contribution in [0.1, 0.15) is 23.6 Å². The van der Waals surface area contributed by atoms with Crippen LogP contribution in [0, 0.1) is 17.1 Å². The Hall–Kier alpha value is -3.85. The summed E-state index contributed by atoms with van der Waals surface area (Å²) < 4.78 is 18.8. The molecule has 3 rings (SSSR count). The Kier molecular flexibility index (Phi) is 7.61. The zero-order valence-corrected chi connectivity index (χ0v) is 17.3. The molecule has 1 amide bonds. The smallest absolute Gasteiger partial charge is 0.242 e. The van der Waals surface area contributed by atoms with E-state index in [0.29, 0.717) is 30.9 Å². The van der Waals surface area contributed by atoms with Crippen molar-refractivity contribution < 1.29 is 13.9 Å². The van der Waals surface area contributed by atoms with Crippen LogP contribution in [0.25, 0.3) is 0 Å². The molecule has 1 unspecified atom stereocenters. The second kappa shape index (κ2) is 10.8. The van der Waals surface area contributed by atoms with Gasteiger partial charge in [0.15, 0.2) is 0 Å². The summed E-state index contributed by atoms with van der Waals surface area (Å²) in [5.74, 6) is 0.269. The quantitative estimate of drug-likeness (QED) is 0.540. The van der Waals surface area contributed by atoms with Crippen LogP contribution in [0.15, 0.2) is 72.8 Å². The highest BCUT2D eigenvalue weighted by Gasteiger charge is 2.12. The summed E-state index contributed by atoms with van der Waals surface area (Å²) >= 11 is 0. The molecule has 0 saturated heterocycles. The van der Waals surface area contributed by atoms with Crippen LogP contribution in [0.2, 0.25) is 0 Å². The van der Waals surface area contributed by atoms with Crippen molar-refractivity contribution in [3.8, 4) is 11.8 Å². The number of hydrogen-bond acceptors (Lipinski definition) is 4. The van der Waals surface area contributed by atoms with Gasteiger partial charge in [0.1, 0.15) is 24.2 Å². The average molecular weight is 417 g/mol. The number of carbonyl (C=O) groups is 1. The Labute approximate surface area is 181 Å². The van der Waals surface area contributed by atoms with Gasteiger partial charge in [-0.05, 0) is 60.9 Å². The van der Waals surface area contributed by atoms with Crippen molar-refractivity contribution in [3.05, 3.63) is 95.3 Å². The molecule has 0 aliphatic rings. The molecule has 5 nitrogen and oxygen atoms in total. The van der Waals surface area contributed by atoms with Gasteiger partial charge in [0.25, 0.3) is 0 Å². The lowest BCUT2D eigenvalue weighted by Crippen LogP contribution is -2.38. The number of nitriles is 1. The largest absolute Gasteiger partial charge is 0.489 e. The van der Waals surface area contributed by atoms with E-state index in [2.05, 4.69) is 16.7 Å². The zero-order chi connectivity index (χ0) is 22.1. The summed E-state index contributed by atoms with van der Waals surface area (Å²) in [4.78, 5) is 12.4. The van der Waals surface area contributed by atoms with E-state index in [9.17, 15) is 9.18 Å². The molecule has 6 heteroatoms. The van der Waals surface area contributed by atoms with Gasteiger partial charge >= 0.3 is 0 Å². The second-order valence-electron chi connectivity index (χ2n) is 7.16. The molecule has 0 aliphatic carbocycles. The van der Waals surface area contributed by atoms with Crippen LogP contribution >= 0.6 is 0 Å². The van der Waals surface area contributed by atoms with Crippen molar-refractivity contribution in [2.45, 2.75) is 26.0 Å². The van der Waals surface area contributed by atoms with Gasteiger partial charge in [-0.3, -0.25) is 4.79 Å². The highest BCUT2D eigenvalue weighted by atomic mass is 19.1. The van der Waals surface area contributed by atoms with Gasteiger partial charge in [-0.25, -0.2) is 4.39 Å². The molecule has 0 saturated carbocycles. The second-order valence-corrected chi connectivity index (χ2v) is 7.16. The average Bonchev–Trinajstić information content (AvgIpc) is 2.79. The lowest BCUT2D eigenvalue weighted by atomic mass is 10.1. The van der Waals surface area contributed by atoms with Gasteiger partial charge in [-0.15, -0.1) is 0 Å². The summed E-state index contributed by atoms with van der Waals surface area (Å²) in [6.07, 6.45) is 0.634. The molecule has 0 aliphatic heterocycles. The summed E-state index contributed by atoms with van der Waals surface area (Å²) in [7, 11) is 0. The van der Waals surface area contributed by atoms with Gasteiger partial charge in [-0.2, -0.15) is 5.26 Å². The van der Waals surface area contributed by atoms with E-state index >= 15 is 0 Å². The third-order valence-electron chi connectivity index (χ3n) is 4.70. The molecule has 0 spiro atoms. The Balaban J connectivity index is 1.48. The van der Waals surface area contributed by atoms with E-state index in [1.54, 1.807) is 31.2 Å². The molecule has 3 aromatic rings. The number of rotatable bonds is 9. The minimum atomic E-state index is -0.434. The van der Waals surface area contributed by atoms with Crippen LogP contribution in [-0.2, 0) is 17.8 Å². The SMILES string of the molecule is CC(Nc1cccc(OCc2cccc(C#N)c2)c1)C(=O)NCCc1ccc(F)cc1. The predicted octanol–water partition coefficient (Wildman–Crippen LogP) is 4.44. The van der Waals surface area contributed by atoms with E-state index < -0.39 is 6.04 Å². The summed E-state index contributed by atoms with van der Waals surface area (Å²) in [6.45, 7) is 2.61. The number of nitrogens with one attached hydrogen (secondary N) is 2. The molecule has 0 fully saturated rings. The molecule has 3 aromatic carbocycles. The van der Waals surface area contributed by atoms with Crippen LogP contribution in [-0.4, -0.2) is 18.5 Å². The van der Waals surface area contributed by atoms with Crippen LogP contribution in [0.5, 0.6) is 5.75 Å². The number of benzene rings is 3. The third kappa shape index (κ3) is 6.86. The van der Waals surface area contributed by atoms with Crippen LogP contribution in [0.4, 0.5) is 10.1 Å². The topological polar surface area (TPSA) is 74.1 Å². The van der Waals surface area contributed by atoms with Crippen molar-refractivity contribution in [3.63, 3.8) is 0 Å². The number of carbonyl (C=O) groups excluding carboxylic acids is 1. The first-order valence-electron chi connectivity index (χ1n) is 10.0. The lowest BCUT2D eigenvalue weighted by molar-refractivity contribution is -0.121. The minimum absolute atomic E-state index is 0.123. The van der Waals surface area contributed by atoms with E-state index in [1.165, 1.54) is 12.1 Å². The maximum atomic E-state index is 12.9. The molecule has 1 atom stereocenters. The predicted molar refractivity (Wildman–Crippen MR) is 118 cm³/mol. The van der Waals surface area contributed by atoms with Crippen molar-refractivity contribution in [2.24, 2.45) is 0 Å². The van der Waals surface area contributed by atoms with E-state index in [4.69, 9.17) is 10.00 Å². The monoisotopic (exact) mass is 417 g/mol. The molecular weight excluding hydrogens is 393 g/mol. The molecule has 0 heterocycles. The number of amides is 1. The van der Waals surface area contributed by atoms with Crippen LogP contribution in [0.3, 0.4) is 0 Å². The molecule has 31 heavy (non-hydrogen) atoms. The number of anilines is 1. The minimum Gasteiger partial charge on any atom is -0.489 e. The van der Waals surface area contributed by atoms with Crippen molar-refractivity contribution in [1.29, 1.82) is 5.26 Å². The first-order chi connectivity index (χ1) is 15.0. The fraction of sp³-hybridized carbons (Fsp3) is 0.200. The normalized spacial score (nSPS) is 11.3. The van der Waals surface area contributed by atoms with Gasteiger partial charge in [-0.1, -0.05) is 30.3 Å². The van der Waals surface area contributed by atoms with Gasteiger partial charge in [0.2, 0.25) is 5.91 Å². The van der Waals surface area contributed by atoms with E-state index in [-0.39, 0.29) is 11.7 Å². The Morgan fingerprint density at radius 2 is 1.84 bits per heavy atom. The summed E-state index contributed by atoms with van der Waals surface area (Å²) in [5, 5.41) is 15.0. The van der Waals surface area contributed by atoms with Gasteiger partial charge in [0.05, 0.1) is 11.6 Å². The number of nitrogens with zero attached hydrogens (tertiary/aromatic N) is 1. The number of ether oxygens (including phenoxy) is 1. The lowest BCUT2D eigenvalue weighted by Gasteiger charge is -2.16. The zero-order valence-electron chi connectivity index (χ0n) is 17.3. The molecule has 158 valence electrons. The van der Waals surface area contributed by atoms with E-state index in [0.717, 1.165) is 16.8 Å². The van der Waals surface area contributed by atoms with E-state index in [1.807, 2.05) is 36.4 Å². The van der Waals surface area contributed by atoms with Gasteiger partial charge in [0, 0.05) is 18.3 Å². The first-order valence-corrected chi connectivity index (χ1v) is 10.0. The fourth-order valence-electron chi connectivity index (χ4n) is 3.02. The Morgan fingerprint density at radius 3 is 2.61 bits per heavy atom. The summed E-state index contributed by atoms with van der Waals surface area (Å²) in [5.41, 5.74) is 3.24. The standard InChI is InChI=1S/C25H24FN3O2/c1-18(25(30)28-13-12-19-8-10-22(26)11-9-19)29-23-6-3-7-24(15-23)31-17-21-5-2-4-20(14-21)16-27/h2-11,14-15,18,29H,12-13,17H2,1H3,(H,28,30). The fourth-order valence-corrected chi connectivity index (χ4v) is 3.02. The maximum Gasteiger partial charge on any atom is 0.242 e. The highest BCUT2D eigenvalue weighted by Crippen LogP contribution is 2.19. The number of halogens is 1. The molecule has 2 N–H and O–H groups in total. The Morgan fingerprint density at radius 1 is 1.06 bits per heavy atom. The molecular formula is C25H24FN3O2.